The molecule has 0 radical (unpaired) electrons. The van der Waals surface area contributed by atoms with Gasteiger partial charge in [0.1, 0.15) is 12.7 Å². The number of unbranched alkanes of at least 4 members (excludes halogenated alkanes) is 6. The van der Waals surface area contributed by atoms with Gasteiger partial charge in [0.2, 0.25) is 19.3 Å². The van der Waals surface area contributed by atoms with Crippen molar-refractivity contribution in [1.82, 2.24) is 49.4 Å². The second-order valence-electron chi connectivity index (χ2n) is 13.0. The Kier molecular flexibility index (Phi) is 15.5. The molecule has 0 aliphatic rings. The molecule has 0 aromatic carbocycles. The van der Waals surface area contributed by atoms with Crippen LogP contribution >= 0.6 is 14.9 Å². The van der Waals surface area contributed by atoms with E-state index in [1.165, 1.54) is 12.7 Å². The van der Waals surface area contributed by atoms with Crippen molar-refractivity contribution in [3.8, 4) is 0 Å². The minimum absolute atomic E-state index is 0.0126. The van der Waals surface area contributed by atoms with Crippen LogP contribution in [0.15, 0.2) is 22.2 Å². The average molecular weight is 771 g/mol. The fourth-order valence-electron chi connectivity index (χ4n) is 5.54. The predicted octanol–water partition coefficient (Wildman–Crippen LogP) is 1.90. The van der Waals surface area contributed by atoms with E-state index in [0.29, 0.717) is 43.8 Å². The van der Waals surface area contributed by atoms with Crippen molar-refractivity contribution >= 4 is 49.1 Å². The zero-order valence-corrected chi connectivity index (χ0v) is 31.5. The SMILES string of the molecule is CC(Cn1cnc2c(=O)[nH]c(N)nc21)OCP(=O)(O)CCCCCCCCCNCCCNP(=O)(O)COC(C)Cn1cnc2c(=O)[nH]c(N)nc21. The van der Waals surface area contributed by atoms with E-state index in [-0.39, 0.29) is 48.3 Å². The molecule has 0 amide bonds. The molecule has 0 saturated heterocycles. The molecule has 4 heterocycles. The number of nitrogens with zero attached hydrogens (tertiary/aromatic N) is 6. The van der Waals surface area contributed by atoms with Gasteiger partial charge in [0, 0.05) is 12.7 Å². The summed E-state index contributed by atoms with van der Waals surface area (Å²) in [6.07, 6.45) is 9.15. The summed E-state index contributed by atoms with van der Waals surface area (Å²) in [5, 5.41) is 6.04. The maximum Gasteiger partial charge on any atom is 0.292 e. The van der Waals surface area contributed by atoms with E-state index in [2.05, 4.69) is 40.3 Å². The number of hydrogen-bond donors (Lipinski definition) is 8. The molecule has 22 heteroatoms. The van der Waals surface area contributed by atoms with Gasteiger partial charge < -0.3 is 45.2 Å². The maximum absolute atomic E-state index is 12.6. The highest BCUT2D eigenvalue weighted by atomic mass is 31.2. The first kappa shape index (κ1) is 41.3. The zero-order chi connectivity index (χ0) is 37.7. The van der Waals surface area contributed by atoms with Gasteiger partial charge in [-0.05, 0) is 46.2 Å². The van der Waals surface area contributed by atoms with Crippen LogP contribution < -0.4 is 33.0 Å². The molecule has 4 unspecified atom stereocenters. The van der Waals surface area contributed by atoms with Crippen molar-refractivity contribution in [2.24, 2.45) is 0 Å². The number of rotatable bonds is 25. The molecule has 0 fully saturated rings. The second-order valence-corrected chi connectivity index (χ2v) is 17.4. The summed E-state index contributed by atoms with van der Waals surface area (Å²) in [5.74, 6) is -0.0357. The van der Waals surface area contributed by atoms with Gasteiger partial charge in [0.05, 0.1) is 38.0 Å². The van der Waals surface area contributed by atoms with Crippen LogP contribution in [0.25, 0.3) is 22.3 Å². The van der Waals surface area contributed by atoms with Gasteiger partial charge in [-0.2, -0.15) is 9.97 Å². The summed E-state index contributed by atoms with van der Waals surface area (Å²) in [6.45, 7) is 6.04. The molecule has 4 aromatic heterocycles. The molecule has 4 atom stereocenters. The Balaban J connectivity index is 0.951. The molecule has 0 saturated carbocycles. The molecule has 4 aromatic rings. The molecule has 0 bridgehead atoms. The fraction of sp³-hybridized carbons (Fsp3) is 0.667. The monoisotopic (exact) mass is 770 g/mol. The lowest BCUT2D eigenvalue weighted by molar-refractivity contribution is 0.0816. The standard InChI is InChI=1S/C30H52N12O8P2/c1-21(15-41-17-34-23-25(41)37-29(31)39-27(23)43)49-19-51(45,46)14-9-7-5-3-4-6-8-11-33-12-10-13-36-52(47,48)20-50-22(2)16-42-18-35-24-26(42)38-30(32)40-28(24)44/h17-18,21-22,33H,3-16,19-20H2,1-2H3,(H,45,46)(H2,36,47,48)(H3,31,37,39,43)(H3,32,38,40,44). The van der Waals surface area contributed by atoms with Crippen LogP contribution in [0, 0.1) is 0 Å². The largest absolute Gasteiger partial charge is 0.369 e. The van der Waals surface area contributed by atoms with Gasteiger partial charge in [-0.1, -0.05) is 32.1 Å². The number of nitrogens with one attached hydrogen (secondary N) is 4. The normalized spacial score (nSPS) is 15.5. The van der Waals surface area contributed by atoms with Crippen molar-refractivity contribution in [3.63, 3.8) is 0 Å². The van der Waals surface area contributed by atoms with Crippen LogP contribution in [0.5, 0.6) is 0 Å². The van der Waals surface area contributed by atoms with Crippen LogP contribution in [-0.4, -0.2) is 99.5 Å². The van der Waals surface area contributed by atoms with E-state index in [1.807, 2.05) is 0 Å². The van der Waals surface area contributed by atoms with Crippen molar-refractivity contribution < 1.29 is 28.4 Å². The maximum atomic E-state index is 12.6. The summed E-state index contributed by atoms with van der Waals surface area (Å²) in [6, 6.07) is 0. The van der Waals surface area contributed by atoms with E-state index in [9.17, 15) is 28.5 Å². The number of hydrogen-bond acceptors (Lipinski definition) is 13. The number of ether oxygens (including phenoxy) is 2. The highest BCUT2D eigenvalue weighted by Crippen LogP contribution is 2.42. The van der Waals surface area contributed by atoms with Crippen molar-refractivity contribution in [3.05, 3.63) is 33.4 Å². The van der Waals surface area contributed by atoms with E-state index in [4.69, 9.17) is 20.9 Å². The van der Waals surface area contributed by atoms with Gasteiger partial charge in [-0.15, -0.1) is 0 Å². The molecule has 20 nitrogen and oxygen atoms in total. The lowest BCUT2D eigenvalue weighted by atomic mass is 10.1. The smallest absolute Gasteiger partial charge is 0.292 e. The Labute approximate surface area is 300 Å². The number of anilines is 2. The summed E-state index contributed by atoms with van der Waals surface area (Å²) in [5.41, 5.74) is 11.4. The van der Waals surface area contributed by atoms with Gasteiger partial charge >= 0.3 is 0 Å². The molecule has 290 valence electrons. The van der Waals surface area contributed by atoms with Crippen LogP contribution in [0.3, 0.4) is 0 Å². The number of aromatic nitrogens is 8. The van der Waals surface area contributed by atoms with Gasteiger partial charge in [-0.3, -0.25) is 28.7 Å². The summed E-state index contributed by atoms with van der Waals surface area (Å²) in [7, 11) is -7.11. The first-order chi connectivity index (χ1) is 24.7. The van der Waals surface area contributed by atoms with Crippen molar-refractivity contribution in [2.45, 2.75) is 90.5 Å². The third-order valence-electron chi connectivity index (χ3n) is 8.24. The topological polar surface area (TPSA) is 296 Å². The highest BCUT2D eigenvalue weighted by molar-refractivity contribution is 7.57. The Bertz CT molecular complexity index is 1810. The number of H-pyrrole nitrogens is 2. The summed E-state index contributed by atoms with van der Waals surface area (Å²) in [4.78, 5) is 65.6. The average Bonchev–Trinajstić information content (AvgIpc) is 3.67. The third kappa shape index (κ3) is 13.2. The first-order valence-corrected chi connectivity index (χ1v) is 21.3. The molecule has 10 N–H and O–H groups in total. The van der Waals surface area contributed by atoms with Gasteiger partial charge in [0.15, 0.2) is 22.3 Å². The quantitative estimate of drug-likeness (QED) is 0.0353. The second kappa shape index (κ2) is 19.6. The van der Waals surface area contributed by atoms with E-state index in [1.54, 1.807) is 23.0 Å². The van der Waals surface area contributed by atoms with Crippen molar-refractivity contribution in [1.29, 1.82) is 0 Å². The molecule has 52 heavy (non-hydrogen) atoms. The minimum atomic E-state index is -3.69. The predicted molar refractivity (Wildman–Crippen MR) is 198 cm³/mol. The molecule has 0 aliphatic carbocycles. The Morgan fingerprint density at radius 1 is 0.750 bits per heavy atom. The van der Waals surface area contributed by atoms with E-state index >= 15 is 0 Å². The first-order valence-electron chi connectivity index (χ1n) is 17.5. The van der Waals surface area contributed by atoms with Gasteiger partial charge in [-0.25, -0.2) is 15.1 Å². The lowest BCUT2D eigenvalue weighted by Crippen LogP contribution is -2.24. The zero-order valence-electron chi connectivity index (χ0n) is 29.7. The Morgan fingerprint density at radius 2 is 1.23 bits per heavy atom. The molecule has 4 rings (SSSR count). The van der Waals surface area contributed by atoms with E-state index in [0.717, 1.165) is 45.1 Å². The highest BCUT2D eigenvalue weighted by Gasteiger charge is 2.22. The van der Waals surface area contributed by atoms with Gasteiger partial charge in [0.25, 0.3) is 18.6 Å². The number of imidazole rings is 2. The number of nitrogens with two attached hydrogens (primary N) is 2. The minimum Gasteiger partial charge on any atom is -0.369 e. The molecular formula is C30H52N12O8P2. The summed E-state index contributed by atoms with van der Waals surface area (Å²) < 4.78 is 39.6. The number of nitrogen functional groups attached to an aromatic ring is 2. The Hall–Kier alpha value is -3.48. The number of aromatic amines is 2. The number of fused-ring (bicyclic) bond motifs is 2. The molecular weight excluding hydrogens is 718 g/mol. The van der Waals surface area contributed by atoms with Crippen LogP contribution in [-0.2, 0) is 31.7 Å². The van der Waals surface area contributed by atoms with Crippen LogP contribution in [0.1, 0.15) is 65.2 Å². The fourth-order valence-corrected chi connectivity index (χ4v) is 7.92. The van der Waals surface area contributed by atoms with Crippen molar-refractivity contribution in [2.75, 3.05) is 50.0 Å². The summed E-state index contributed by atoms with van der Waals surface area (Å²) >= 11 is 0. The van der Waals surface area contributed by atoms with E-state index < -0.39 is 38.2 Å². The molecule has 0 aliphatic heterocycles. The van der Waals surface area contributed by atoms with Crippen LogP contribution in [0.2, 0.25) is 0 Å². The third-order valence-corrected chi connectivity index (χ3v) is 11.0. The van der Waals surface area contributed by atoms with Crippen LogP contribution in [0.4, 0.5) is 11.9 Å². The lowest BCUT2D eigenvalue weighted by Gasteiger charge is -2.18. The Morgan fingerprint density at radius 3 is 1.79 bits per heavy atom. The molecule has 0 spiro atoms.